The third kappa shape index (κ3) is 3.47. The molecule has 18 heavy (non-hydrogen) atoms. The summed E-state index contributed by atoms with van der Waals surface area (Å²) < 4.78 is 5.23. The molecule has 1 aliphatic rings. The van der Waals surface area contributed by atoms with Gasteiger partial charge in [0, 0.05) is 24.4 Å². The number of nitrogens with one attached hydrogen (secondary N) is 2. The van der Waals surface area contributed by atoms with Crippen LogP contribution in [0.15, 0.2) is 24.3 Å². The molecule has 4 heteroatoms. The summed E-state index contributed by atoms with van der Waals surface area (Å²) in [6.45, 7) is 4.44. The van der Waals surface area contributed by atoms with Gasteiger partial charge >= 0.3 is 0 Å². The fraction of sp³-hybridized carbons (Fsp3) is 0.500. The van der Waals surface area contributed by atoms with Crippen molar-refractivity contribution in [2.75, 3.05) is 25.1 Å². The number of benzene rings is 1. The van der Waals surface area contributed by atoms with E-state index in [1.54, 1.807) is 0 Å². The molecule has 1 aliphatic heterocycles. The number of rotatable bonds is 5. The van der Waals surface area contributed by atoms with Gasteiger partial charge in [0.1, 0.15) is 0 Å². The second-order valence-corrected chi connectivity index (χ2v) is 4.54. The van der Waals surface area contributed by atoms with Crippen molar-refractivity contribution >= 4 is 11.6 Å². The maximum Gasteiger partial charge on any atom is 0.251 e. The highest BCUT2D eigenvalue weighted by molar-refractivity contribution is 5.94. The minimum atomic E-state index is -0.0208. The van der Waals surface area contributed by atoms with E-state index in [2.05, 4.69) is 17.6 Å². The topological polar surface area (TPSA) is 50.4 Å². The minimum absolute atomic E-state index is 0.0208. The summed E-state index contributed by atoms with van der Waals surface area (Å²) in [6, 6.07) is 7.74. The first-order valence-corrected chi connectivity index (χ1v) is 6.52. The Kier molecular flexibility index (Phi) is 4.59. The molecular formula is C14H20N2O2. The van der Waals surface area contributed by atoms with Gasteiger partial charge in [-0.1, -0.05) is 6.92 Å². The lowest BCUT2D eigenvalue weighted by Crippen LogP contribution is -2.34. The highest BCUT2D eigenvalue weighted by atomic mass is 16.5. The van der Waals surface area contributed by atoms with Crippen molar-refractivity contribution < 1.29 is 9.53 Å². The lowest BCUT2D eigenvalue weighted by atomic mass is 10.1. The number of carbonyl (C=O) groups excluding carboxylic acids is 1. The summed E-state index contributed by atoms with van der Waals surface area (Å²) in [5, 5.41) is 6.26. The maximum absolute atomic E-state index is 11.9. The first-order chi connectivity index (χ1) is 8.79. The standard InChI is InChI=1S/C14H20N2O2/c1-2-8-15-12-5-3-11(4-6-12)14(17)16-13-7-9-18-10-13/h3-6,13,15H,2,7-10H2,1H3,(H,16,17). The molecule has 1 aromatic carbocycles. The summed E-state index contributed by atoms with van der Waals surface area (Å²) in [6.07, 6.45) is 1.99. The Balaban J connectivity index is 1.89. The molecule has 1 unspecified atom stereocenters. The zero-order valence-corrected chi connectivity index (χ0v) is 10.7. The minimum Gasteiger partial charge on any atom is -0.385 e. The second kappa shape index (κ2) is 6.40. The third-order valence-corrected chi connectivity index (χ3v) is 2.99. The van der Waals surface area contributed by atoms with E-state index in [0.29, 0.717) is 12.2 Å². The van der Waals surface area contributed by atoms with Crippen LogP contribution in [-0.4, -0.2) is 31.7 Å². The number of hydrogen-bond acceptors (Lipinski definition) is 3. The molecule has 1 saturated heterocycles. The largest absolute Gasteiger partial charge is 0.385 e. The lowest BCUT2D eigenvalue weighted by Gasteiger charge is -2.11. The van der Waals surface area contributed by atoms with Gasteiger partial charge in [0.25, 0.3) is 5.91 Å². The molecule has 0 radical (unpaired) electrons. The van der Waals surface area contributed by atoms with Gasteiger partial charge in [0.2, 0.25) is 0 Å². The zero-order valence-electron chi connectivity index (χ0n) is 10.7. The Bertz CT molecular complexity index is 383. The Morgan fingerprint density at radius 3 is 2.78 bits per heavy atom. The van der Waals surface area contributed by atoms with E-state index in [-0.39, 0.29) is 11.9 Å². The van der Waals surface area contributed by atoms with Crippen LogP contribution in [0.1, 0.15) is 30.1 Å². The number of carbonyl (C=O) groups is 1. The lowest BCUT2D eigenvalue weighted by molar-refractivity contribution is 0.0930. The number of ether oxygens (including phenoxy) is 1. The molecule has 98 valence electrons. The fourth-order valence-corrected chi connectivity index (χ4v) is 1.93. The molecule has 4 nitrogen and oxygen atoms in total. The third-order valence-electron chi connectivity index (χ3n) is 2.99. The highest BCUT2D eigenvalue weighted by Crippen LogP contribution is 2.11. The number of anilines is 1. The average Bonchev–Trinajstić information content (AvgIpc) is 2.89. The number of amides is 1. The maximum atomic E-state index is 11.9. The van der Waals surface area contributed by atoms with Crippen LogP contribution in [-0.2, 0) is 4.74 Å². The van der Waals surface area contributed by atoms with Crippen molar-refractivity contribution in [2.45, 2.75) is 25.8 Å². The van der Waals surface area contributed by atoms with Crippen molar-refractivity contribution in [2.24, 2.45) is 0 Å². The summed E-state index contributed by atoms with van der Waals surface area (Å²) >= 11 is 0. The van der Waals surface area contributed by atoms with Crippen LogP contribution < -0.4 is 10.6 Å². The van der Waals surface area contributed by atoms with Crippen molar-refractivity contribution in [1.82, 2.24) is 5.32 Å². The highest BCUT2D eigenvalue weighted by Gasteiger charge is 2.18. The summed E-state index contributed by atoms with van der Waals surface area (Å²) in [5.74, 6) is -0.0208. The Morgan fingerprint density at radius 1 is 1.39 bits per heavy atom. The summed E-state index contributed by atoms with van der Waals surface area (Å²) in [4.78, 5) is 11.9. The molecule has 0 aliphatic carbocycles. The van der Waals surface area contributed by atoms with Gasteiger partial charge in [-0.2, -0.15) is 0 Å². The Hall–Kier alpha value is -1.55. The SMILES string of the molecule is CCCNc1ccc(C(=O)NC2CCOC2)cc1. The predicted octanol–water partition coefficient (Wildman–Crippen LogP) is 2.03. The normalized spacial score (nSPS) is 18.6. The number of hydrogen-bond donors (Lipinski definition) is 2. The molecule has 1 amide bonds. The molecule has 1 fully saturated rings. The molecule has 0 bridgehead atoms. The van der Waals surface area contributed by atoms with Crippen molar-refractivity contribution in [1.29, 1.82) is 0 Å². The molecule has 1 atom stereocenters. The van der Waals surface area contributed by atoms with Crippen LogP contribution in [0, 0.1) is 0 Å². The van der Waals surface area contributed by atoms with Crippen LogP contribution in [0.25, 0.3) is 0 Å². The first-order valence-electron chi connectivity index (χ1n) is 6.52. The van der Waals surface area contributed by atoms with Gasteiger partial charge in [-0.05, 0) is 37.1 Å². The van der Waals surface area contributed by atoms with E-state index in [1.807, 2.05) is 24.3 Å². The quantitative estimate of drug-likeness (QED) is 0.838. The van der Waals surface area contributed by atoms with E-state index in [4.69, 9.17) is 4.74 Å². The molecule has 0 spiro atoms. The molecular weight excluding hydrogens is 228 g/mol. The van der Waals surface area contributed by atoms with E-state index in [0.717, 1.165) is 31.7 Å². The smallest absolute Gasteiger partial charge is 0.251 e. The fourth-order valence-electron chi connectivity index (χ4n) is 1.93. The van der Waals surface area contributed by atoms with Gasteiger partial charge in [0.05, 0.1) is 12.6 Å². The van der Waals surface area contributed by atoms with Crippen molar-refractivity contribution in [3.63, 3.8) is 0 Å². The molecule has 0 aromatic heterocycles. The zero-order chi connectivity index (χ0) is 12.8. The summed E-state index contributed by atoms with van der Waals surface area (Å²) in [7, 11) is 0. The molecule has 1 aromatic rings. The van der Waals surface area contributed by atoms with Crippen LogP contribution >= 0.6 is 0 Å². The monoisotopic (exact) mass is 248 g/mol. The van der Waals surface area contributed by atoms with Crippen LogP contribution in [0.5, 0.6) is 0 Å². The van der Waals surface area contributed by atoms with Gasteiger partial charge in [-0.15, -0.1) is 0 Å². The van der Waals surface area contributed by atoms with Gasteiger partial charge in [-0.25, -0.2) is 0 Å². The van der Waals surface area contributed by atoms with Gasteiger partial charge in [0.15, 0.2) is 0 Å². The van der Waals surface area contributed by atoms with Crippen molar-refractivity contribution in [3.8, 4) is 0 Å². The van der Waals surface area contributed by atoms with Crippen LogP contribution in [0.2, 0.25) is 0 Å². The van der Waals surface area contributed by atoms with Gasteiger partial charge in [-0.3, -0.25) is 4.79 Å². The Morgan fingerprint density at radius 2 is 2.17 bits per heavy atom. The van der Waals surface area contributed by atoms with E-state index >= 15 is 0 Å². The predicted molar refractivity (Wildman–Crippen MR) is 71.9 cm³/mol. The second-order valence-electron chi connectivity index (χ2n) is 4.54. The van der Waals surface area contributed by atoms with E-state index < -0.39 is 0 Å². The molecule has 1 heterocycles. The Labute approximate surface area is 108 Å². The molecule has 2 rings (SSSR count). The summed E-state index contributed by atoms with van der Waals surface area (Å²) in [5.41, 5.74) is 1.75. The first kappa shape index (κ1) is 12.9. The van der Waals surface area contributed by atoms with E-state index in [1.165, 1.54) is 0 Å². The van der Waals surface area contributed by atoms with Crippen molar-refractivity contribution in [3.05, 3.63) is 29.8 Å². The molecule has 2 N–H and O–H groups in total. The van der Waals surface area contributed by atoms with Crippen LogP contribution in [0.3, 0.4) is 0 Å². The van der Waals surface area contributed by atoms with Crippen LogP contribution in [0.4, 0.5) is 5.69 Å². The molecule has 0 saturated carbocycles. The van der Waals surface area contributed by atoms with Gasteiger partial charge < -0.3 is 15.4 Å². The van der Waals surface area contributed by atoms with E-state index in [9.17, 15) is 4.79 Å². The average molecular weight is 248 g/mol.